The van der Waals surface area contributed by atoms with Crippen LogP contribution >= 0.6 is 0 Å². The molecule has 0 unspecified atom stereocenters. The average molecular weight is 314 g/mol. The molecule has 0 saturated carbocycles. The number of rotatable bonds is 3. The van der Waals surface area contributed by atoms with Gasteiger partial charge < -0.3 is 4.74 Å². The van der Waals surface area contributed by atoms with Crippen LogP contribution in [0.25, 0.3) is 0 Å². The van der Waals surface area contributed by atoms with Crippen molar-refractivity contribution in [3.8, 4) is 0 Å². The van der Waals surface area contributed by atoms with E-state index in [2.05, 4.69) is 4.74 Å². The maximum atomic E-state index is 13.0. The van der Waals surface area contributed by atoms with Crippen LogP contribution < -0.4 is 0 Å². The van der Waals surface area contributed by atoms with E-state index in [0.717, 1.165) is 19.1 Å². The fourth-order valence-corrected chi connectivity index (χ4v) is 1.95. The molecule has 1 aromatic rings. The Balaban J connectivity index is 3.49. The lowest BCUT2D eigenvalue weighted by Gasteiger charge is -2.21. The second-order valence-electron chi connectivity index (χ2n) is 4.27. The first-order chi connectivity index (χ1) is 9.48. The first-order valence-electron chi connectivity index (χ1n) is 5.91. The van der Waals surface area contributed by atoms with E-state index in [9.17, 15) is 31.1 Å². The van der Waals surface area contributed by atoms with Gasteiger partial charge >= 0.3 is 18.3 Å². The van der Waals surface area contributed by atoms with Crippen LogP contribution in [0, 0.1) is 6.92 Å². The van der Waals surface area contributed by atoms with E-state index in [1.165, 1.54) is 6.92 Å². The number of halogens is 6. The molecule has 0 aliphatic rings. The molecule has 1 aromatic carbocycles. The van der Waals surface area contributed by atoms with Crippen LogP contribution in [0.5, 0.6) is 0 Å². The third-order valence-corrected chi connectivity index (χ3v) is 2.71. The number of hydrogen-bond donors (Lipinski definition) is 0. The number of aryl methyl sites for hydroxylation is 1. The molecule has 0 spiro atoms. The summed E-state index contributed by atoms with van der Waals surface area (Å²) >= 11 is 0. The molecule has 0 radical (unpaired) electrons. The molecule has 1 rings (SSSR count). The number of hydrogen-bond acceptors (Lipinski definition) is 2. The van der Waals surface area contributed by atoms with Gasteiger partial charge in [0.15, 0.2) is 0 Å². The lowest BCUT2D eigenvalue weighted by Crippen LogP contribution is -2.22. The first kappa shape index (κ1) is 17.3. The van der Waals surface area contributed by atoms with Crippen LogP contribution in [0.1, 0.15) is 29.2 Å². The van der Waals surface area contributed by atoms with Gasteiger partial charge in [0, 0.05) is 0 Å². The second kappa shape index (κ2) is 5.95. The number of esters is 1. The van der Waals surface area contributed by atoms with Crippen LogP contribution in [-0.2, 0) is 28.3 Å². The highest BCUT2D eigenvalue weighted by Gasteiger charge is 2.46. The number of benzene rings is 1. The van der Waals surface area contributed by atoms with Gasteiger partial charge in [-0.25, -0.2) is 0 Å². The summed E-state index contributed by atoms with van der Waals surface area (Å²) in [4.78, 5) is 11.3. The van der Waals surface area contributed by atoms with Gasteiger partial charge in [0.05, 0.1) is 24.2 Å². The van der Waals surface area contributed by atoms with Crippen LogP contribution in [0.4, 0.5) is 26.3 Å². The maximum absolute atomic E-state index is 13.0. The van der Waals surface area contributed by atoms with E-state index < -0.39 is 47.0 Å². The molecule has 0 aromatic heterocycles. The van der Waals surface area contributed by atoms with Crippen LogP contribution in [0.2, 0.25) is 0 Å². The van der Waals surface area contributed by atoms with Gasteiger partial charge in [-0.15, -0.1) is 0 Å². The second-order valence-corrected chi connectivity index (χ2v) is 4.27. The molecule has 0 aliphatic heterocycles. The Morgan fingerprint density at radius 1 is 1.05 bits per heavy atom. The summed E-state index contributed by atoms with van der Waals surface area (Å²) in [5.41, 5.74) is -4.90. The lowest BCUT2D eigenvalue weighted by atomic mass is 9.94. The van der Waals surface area contributed by atoms with E-state index in [1.54, 1.807) is 0 Å². The number of alkyl halides is 6. The summed E-state index contributed by atoms with van der Waals surface area (Å²) in [6.07, 6.45) is -11.3. The molecule has 0 fully saturated rings. The van der Waals surface area contributed by atoms with Crippen molar-refractivity contribution in [2.45, 2.75) is 32.6 Å². The van der Waals surface area contributed by atoms with Crippen molar-refractivity contribution < 1.29 is 35.9 Å². The fourth-order valence-electron chi connectivity index (χ4n) is 1.95. The average Bonchev–Trinajstić information content (AvgIpc) is 2.28. The monoisotopic (exact) mass is 314 g/mol. The molecular formula is C13H12F6O2. The lowest BCUT2D eigenvalue weighted by molar-refractivity contribution is -0.163. The van der Waals surface area contributed by atoms with Crippen molar-refractivity contribution in [1.82, 2.24) is 0 Å². The minimum atomic E-state index is -5.22. The molecule has 2 nitrogen and oxygen atoms in total. The third-order valence-electron chi connectivity index (χ3n) is 2.71. The van der Waals surface area contributed by atoms with Gasteiger partial charge in [0.25, 0.3) is 0 Å². The Morgan fingerprint density at radius 3 is 2.00 bits per heavy atom. The minimum Gasteiger partial charge on any atom is -0.466 e. The molecule has 0 atom stereocenters. The minimum absolute atomic E-state index is 0.0713. The Hall–Kier alpha value is -1.73. The Labute approximate surface area is 116 Å². The summed E-state index contributed by atoms with van der Waals surface area (Å²) in [6, 6.07) is 1.77. The zero-order chi connectivity index (χ0) is 16.4. The fraction of sp³-hybridized carbons (Fsp3) is 0.462. The Kier molecular flexibility index (Phi) is 4.91. The van der Waals surface area contributed by atoms with Crippen LogP contribution in [0.3, 0.4) is 0 Å². The number of carbonyl (C=O) groups is 1. The molecule has 118 valence electrons. The highest BCUT2D eigenvalue weighted by Crippen LogP contribution is 2.43. The Morgan fingerprint density at radius 2 is 1.57 bits per heavy atom. The summed E-state index contributed by atoms with van der Waals surface area (Å²) in [6.45, 7) is 2.31. The number of carbonyl (C=O) groups excluding carboxylic acids is 1. The summed E-state index contributed by atoms with van der Waals surface area (Å²) < 4.78 is 82.2. The number of ether oxygens (including phenoxy) is 1. The van der Waals surface area contributed by atoms with Gasteiger partial charge in [-0.3, -0.25) is 4.79 Å². The van der Waals surface area contributed by atoms with Crippen molar-refractivity contribution in [3.05, 3.63) is 34.4 Å². The molecule has 0 aliphatic carbocycles. The van der Waals surface area contributed by atoms with E-state index in [1.807, 2.05) is 0 Å². The highest BCUT2D eigenvalue weighted by molar-refractivity contribution is 5.73. The largest absolute Gasteiger partial charge is 0.466 e. The highest BCUT2D eigenvalue weighted by atomic mass is 19.4. The van der Waals surface area contributed by atoms with Gasteiger partial charge in [-0.1, -0.05) is 12.1 Å². The molecule has 21 heavy (non-hydrogen) atoms. The standard InChI is InChI=1S/C13H12F6O2/c1-3-21-9(20)6-8-5-4-7(2)10(12(14,15)16)11(8)13(17,18)19/h4-5H,3,6H2,1-2H3. The summed E-state index contributed by atoms with van der Waals surface area (Å²) in [7, 11) is 0. The molecule has 0 bridgehead atoms. The van der Waals surface area contributed by atoms with E-state index in [4.69, 9.17) is 0 Å². The zero-order valence-corrected chi connectivity index (χ0v) is 11.2. The maximum Gasteiger partial charge on any atom is 0.417 e. The van der Waals surface area contributed by atoms with Gasteiger partial charge in [0.2, 0.25) is 0 Å². The normalized spacial score (nSPS) is 12.4. The quantitative estimate of drug-likeness (QED) is 0.619. The molecule has 0 saturated heterocycles. The summed E-state index contributed by atoms with van der Waals surface area (Å²) in [5, 5.41) is 0. The molecule has 0 amide bonds. The topological polar surface area (TPSA) is 26.3 Å². The van der Waals surface area contributed by atoms with Crippen LogP contribution in [0.15, 0.2) is 12.1 Å². The van der Waals surface area contributed by atoms with E-state index in [0.29, 0.717) is 0 Å². The molecular weight excluding hydrogens is 302 g/mol. The van der Waals surface area contributed by atoms with E-state index in [-0.39, 0.29) is 6.61 Å². The van der Waals surface area contributed by atoms with Crippen molar-refractivity contribution in [2.75, 3.05) is 6.61 Å². The van der Waals surface area contributed by atoms with Crippen molar-refractivity contribution in [3.63, 3.8) is 0 Å². The Bertz CT molecular complexity index is 531. The van der Waals surface area contributed by atoms with Gasteiger partial charge in [-0.2, -0.15) is 26.3 Å². The van der Waals surface area contributed by atoms with Crippen molar-refractivity contribution in [2.24, 2.45) is 0 Å². The molecule has 0 N–H and O–H groups in total. The first-order valence-corrected chi connectivity index (χ1v) is 5.91. The zero-order valence-electron chi connectivity index (χ0n) is 11.2. The van der Waals surface area contributed by atoms with Gasteiger partial charge in [-0.05, 0) is 25.0 Å². The smallest absolute Gasteiger partial charge is 0.417 e. The van der Waals surface area contributed by atoms with Gasteiger partial charge in [0.1, 0.15) is 0 Å². The molecule has 0 heterocycles. The predicted molar refractivity (Wildman–Crippen MR) is 61.5 cm³/mol. The van der Waals surface area contributed by atoms with Crippen molar-refractivity contribution in [1.29, 1.82) is 0 Å². The molecule has 8 heteroatoms. The van der Waals surface area contributed by atoms with Crippen LogP contribution in [-0.4, -0.2) is 12.6 Å². The van der Waals surface area contributed by atoms with Crippen molar-refractivity contribution >= 4 is 5.97 Å². The van der Waals surface area contributed by atoms with E-state index >= 15 is 0 Å². The third kappa shape index (κ3) is 4.12. The summed E-state index contributed by atoms with van der Waals surface area (Å²) in [5.74, 6) is -1.01. The SMILES string of the molecule is CCOC(=O)Cc1ccc(C)c(C(F)(F)F)c1C(F)(F)F. The predicted octanol–water partition coefficient (Wildman–Crippen LogP) is 4.14.